The van der Waals surface area contributed by atoms with E-state index in [1.165, 1.54) is 0 Å². The van der Waals surface area contributed by atoms with Gasteiger partial charge in [0.25, 0.3) is 0 Å². The largest absolute Gasteiger partial charge is 0.341 e. The van der Waals surface area contributed by atoms with Crippen LogP contribution in [0.1, 0.15) is 5.69 Å². The third kappa shape index (κ3) is 1.62. The van der Waals surface area contributed by atoms with Gasteiger partial charge in [0, 0.05) is 29.8 Å². The molecule has 2 aromatic heterocycles. The first kappa shape index (κ1) is 8.45. The van der Waals surface area contributed by atoms with Crippen LogP contribution in [0.3, 0.4) is 0 Å². The number of nitrogens with zero attached hydrogens (tertiary/aromatic N) is 3. The molecule has 14 heavy (non-hydrogen) atoms. The van der Waals surface area contributed by atoms with E-state index in [0.29, 0.717) is 6.42 Å². The smallest absolute Gasteiger partial charge is 0.139 e. The van der Waals surface area contributed by atoms with Gasteiger partial charge in [-0.3, -0.25) is 4.98 Å². The van der Waals surface area contributed by atoms with Crippen LogP contribution in [0.5, 0.6) is 0 Å². The molecule has 2 aromatic rings. The summed E-state index contributed by atoms with van der Waals surface area (Å²) >= 11 is 0. The third-order valence-corrected chi connectivity index (χ3v) is 1.83. The maximum Gasteiger partial charge on any atom is 0.139 e. The summed E-state index contributed by atoms with van der Waals surface area (Å²) in [5.74, 6) is 0.753. The Labute approximate surface area is 81.3 Å². The lowest BCUT2D eigenvalue weighted by Gasteiger charge is -1.93. The molecule has 0 aromatic carbocycles. The summed E-state index contributed by atoms with van der Waals surface area (Å²) in [4.78, 5) is 11.2. The van der Waals surface area contributed by atoms with Gasteiger partial charge < -0.3 is 4.98 Å². The molecule has 0 saturated carbocycles. The predicted octanol–water partition coefficient (Wildman–Crippen LogP) is 1.54. The van der Waals surface area contributed by atoms with E-state index in [-0.39, 0.29) is 0 Å². The van der Waals surface area contributed by atoms with Gasteiger partial charge in [0.2, 0.25) is 0 Å². The molecule has 2 rings (SSSR count). The van der Waals surface area contributed by atoms with Crippen LogP contribution in [0.4, 0.5) is 0 Å². The predicted molar refractivity (Wildman–Crippen MR) is 51.1 cm³/mol. The quantitative estimate of drug-likeness (QED) is 0.769. The standard InChI is InChI=1S/C10H8N4/c11-4-3-9-7-13-10(14-9)8-2-1-5-12-6-8/h1-2,5-7H,3H2,(H,13,14). The Balaban J connectivity index is 2.31. The highest BCUT2D eigenvalue weighted by molar-refractivity contribution is 5.53. The maximum atomic E-state index is 8.49. The van der Waals surface area contributed by atoms with Crippen LogP contribution in [0, 0.1) is 11.3 Å². The summed E-state index contributed by atoms with van der Waals surface area (Å²) in [5, 5.41) is 8.49. The Morgan fingerprint density at radius 3 is 3.07 bits per heavy atom. The number of hydrogen-bond donors (Lipinski definition) is 1. The molecule has 0 amide bonds. The van der Waals surface area contributed by atoms with E-state index in [0.717, 1.165) is 17.1 Å². The van der Waals surface area contributed by atoms with E-state index >= 15 is 0 Å². The fourth-order valence-electron chi connectivity index (χ4n) is 1.18. The van der Waals surface area contributed by atoms with Crippen molar-refractivity contribution in [3.63, 3.8) is 0 Å². The van der Waals surface area contributed by atoms with Crippen molar-refractivity contribution in [2.24, 2.45) is 0 Å². The van der Waals surface area contributed by atoms with Gasteiger partial charge in [-0.25, -0.2) is 4.98 Å². The molecule has 68 valence electrons. The lowest BCUT2D eigenvalue weighted by atomic mass is 10.3. The van der Waals surface area contributed by atoms with Crippen LogP contribution in [0.2, 0.25) is 0 Å². The van der Waals surface area contributed by atoms with E-state index < -0.39 is 0 Å². The second-order valence-electron chi connectivity index (χ2n) is 2.83. The maximum absolute atomic E-state index is 8.49. The highest BCUT2D eigenvalue weighted by Gasteiger charge is 2.02. The van der Waals surface area contributed by atoms with Crippen LogP contribution >= 0.6 is 0 Å². The Morgan fingerprint density at radius 2 is 2.36 bits per heavy atom. The number of aromatic amines is 1. The normalized spacial score (nSPS) is 9.64. The van der Waals surface area contributed by atoms with Crippen LogP contribution in [-0.2, 0) is 6.42 Å². The minimum Gasteiger partial charge on any atom is -0.341 e. The van der Waals surface area contributed by atoms with Gasteiger partial charge >= 0.3 is 0 Å². The molecule has 0 bridgehead atoms. The molecule has 0 spiro atoms. The van der Waals surface area contributed by atoms with E-state index in [4.69, 9.17) is 5.26 Å². The van der Waals surface area contributed by atoms with Crippen molar-refractivity contribution in [3.05, 3.63) is 36.4 Å². The minimum atomic E-state index is 0.354. The van der Waals surface area contributed by atoms with Gasteiger partial charge in [-0.15, -0.1) is 0 Å². The molecule has 0 atom stereocenters. The molecule has 0 aliphatic heterocycles. The zero-order chi connectivity index (χ0) is 9.80. The van der Waals surface area contributed by atoms with Crippen molar-refractivity contribution in [1.82, 2.24) is 15.0 Å². The molecule has 4 nitrogen and oxygen atoms in total. The van der Waals surface area contributed by atoms with Crippen molar-refractivity contribution < 1.29 is 0 Å². The lowest BCUT2D eigenvalue weighted by molar-refractivity contribution is 1.15. The molecule has 1 N–H and O–H groups in total. The molecule has 0 saturated heterocycles. The number of aromatic nitrogens is 3. The van der Waals surface area contributed by atoms with Gasteiger partial charge in [-0.2, -0.15) is 5.26 Å². The number of H-pyrrole nitrogens is 1. The van der Waals surface area contributed by atoms with E-state index in [1.54, 1.807) is 18.6 Å². The lowest BCUT2D eigenvalue weighted by Crippen LogP contribution is -1.83. The van der Waals surface area contributed by atoms with Crippen molar-refractivity contribution in [2.75, 3.05) is 0 Å². The highest BCUT2D eigenvalue weighted by atomic mass is 14.9. The third-order valence-electron chi connectivity index (χ3n) is 1.83. The molecule has 0 aliphatic carbocycles. The Hall–Kier alpha value is -2.15. The van der Waals surface area contributed by atoms with Crippen LogP contribution < -0.4 is 0 Å². The SMILES string of the molecule is N#CCc1cnc(-c2cccnc2)[nH]1. The zero-order valence-corrected chi connectivity index (χ0v) is 7.44. The number of pyridine rings is 1. The highest BCUT2D eigenvalue weighted by Crippen LogP contribution is 2.13. The van der Waals surface area contributed by atoms with Gasteiger partial charge in [0.05, 0.1) is 12.5 Å². The summed E-state index contributed by atoms with van der Waals surface area (Å²) in [7, 11) is 0. The first-order valence-corrected chi connectivity index (χ1v) is 4.21. The molecule has 0 radical (unpaired) electrons. The van der Waals surface area contributed by atoms with Gasteiger partial charge in [-0.1, -0.05) is 0 Å². The fraction of sp³-hybridized carbons (Fsp3) is 0.100. The molecule has 2 heterocycles. The van der Waals surface area contributed by atoms with E-state index in [1.807, 2.05) is 12.1 Å². The van der Waals surface area contributed by atoms with E-state index in [9.17, 15) is 0 Å². The van der Waals surface area contributed by atoms with Crippen molar-refractivity contribution in [3.8, 4) is 17.5 Å². The summed E-state index contributed by atoms with van der Waals surface area (Å²) in [6, 6.07) is 5.83. The topological polar surface area (TPSA) is 65.4 Å². The number of imidazole rings is 1. The fourth-order valence-corrected chi connectivity index (χ4v) is 1.18. The summed E-state index contributed by atoms with van der Waals surface area (Å²) in [6.45, 7) is 0. The average Bonchev–Trinajstić information content (AvgIpc) is 2.68. The molecule has 0 unspecified atom stereocenters. The van der Waals surface area contributed by atoms with E-state index in [2.05, 4.69) is 21.0 Å². The number of nitrogens with one attached hydrogen (secondary N) is 1. The Morgan fingerprint density at radius 1 is 1.43 bits per heavy atom. The van der Waals surface area contributed by atoms with Crippen molar-refractivity contribution in [1.29, 1.82) is 5.26 Å². The molecular weight excluding hydrogens is 176 g/mol. The number of nitriles is 1. The molecule has 4 heteroatoms. The van der Waals surface area contributed by atoms with Gasteiger partial charge in [0.15, 0.2) is 0 Å². The molecular formula is C10H8N4. The Kier molecular flexibility index (Phi) is 2.24. The van der Waals surface area contributed by atoms with Crippen molar-refractivity contribution >= 4 is 0 Å². The van der Waals surface area contributed by atoms with Crippen LogP contribution in [-0.4, -0.2) is 15.0 Å². The average molecular weight is 184 g/mol. The van der Waals surface area contributed by atoms with Crippen molar-refractivity contribution in [2.45, 2.75) is 6.42 Å². The monoisotopic (exact) mass is 184 g/mol. The number of rotatable bonds is 2. The van der Waals surface area contributed by atoms with Crippen LogP contribution in [0.15, 0.2) is 30.7 Å². The summed E-state index contributed by atoms with van der Waals surface area (Å²) in [5.41, 5.74) is 1.75. The van der Waals surface area contributed by atoms with Gasteiger partial charge in [-0.05, 0) is 12.1 Å². The second-order valence-corrected chi connectivity index (χ2v) is 2.83. The molecule has 0 fully saturated rings. The molecule has 0 aliphatic rings. The zero-order valence-electron chi connectivity index (χ0n) is 7.44. The minimum absolute atomic E-state index is 0.354. The second kappa shape index (κ2) is 3.71. The van der Waals surface area contributed by atoms with Gasteiger partial charge in [0.1, 0.15) is 5.82 Å². The van der Waals surface area contributed by atoms with Crippen LogP contribution in [0.25, 0.3) is 11.4 Å². The Bertz CT molecular complexity index is 452. The first-order chi connectivity index (χ1) is 6.90. The summed E-state index contributed by atoms with van der Waals surface area (Å²) < 4.78 is 0. The summed E-state index contributed by atoms with van der Waals surface area (Å²) in [6.07, 6.45) is 5.47. The number of hydrogen-bond acceptors (Lipinski definition) is 3. The first-order valence-electron chi connectivity index (χ1n) is 4.21.